The molecular formula is C21H32N6. The zero-order chi connectivity index (χ0) is 20.0. The first-order valence-corrected chi connectivity index (χ1v) is 9.61. The Bertz CT molecular complexity index is 781. The lowest BCUT2D eigenvalue weighted by molar-refractivity contribution is 0.469. The molecule has 146 valence electrons. The number of anilines is 2. The van der Waals surface area contributed by atoms with Gasteiger partial charge >= 0.3 is 0 Å². The maximum Gasteiger partial charge on any atom is 0.152 e. The maximum absolute atomic E-state index is 8.84. The minimum absolute atomic E-state index is 0.292. The third-order valence-electron chi connectivity index (χ3n) is 4.95. The zero-order valence-corrected chi connectivity index (χ0v) is 17.3. The van der Waals surface area contributed by atoms with Crippen LogP contribution in [0.1, 0.15) is 70.0 Å². The lowest BCUT2D eigenvalue weighted by Crippen LogP contribution is -2.31. The van der Waals surface area contributed by atoms with Crippen LogP contribution in [0.15, 0.2) is 18.2 Å². The third-order valence-corrected chi connectivity index (χ3v) is 4.95. The first kappa shape index (κ1) is 20.9. The zero-order valence-electron chi connectivity index (χ0n) is 17.3. The first-order chi connectivity index (χ1) is 12.7. The number of nitrogens with one attached hydrogen (secondary N) is 3. The van der Waals surface area contributed by atoms with Gasteiger partial charge in [0, 0.05) is 23.2 Å². The number of hydrogen-bond donors (Lipinski definition) is 3. The van der Waals surface area contributed by atoms with E-state index in [0.29, 0.717) is 17.2 Å². The van der Waals surface area contributed by atoms with Crippen LogP contribution in [0.2, 0.25) is 0 Å². The smallest absolute Gasteiger partial charge is 0.152 e. The van der Waals surface area contributed by atoms with Gasteiger partial charge in [0.05, 0.1) is 11.4 Å². The number of nitriles is 1. The molecule has 2 heterocycles. The van der Waals surface area contributed by atoms with Gasteiger partial charge in [0.15, 0.2) is 5.82 Å². The van der Waals surface area contributed by atoms with Gasteiger partial charge in [-0.3, -0.25) is 5.10 Å². The second kappa shape index (κ2) is 9.01. The van der Waals surface area contributed by atoms with E-state index >= 15 is 0 Å². The van der Waals surface area contributed by atoms with Crippen molar-refractivity contribution in [2.24, 2.45) is 5.92 Å². The predicted molar refractivity (Wildman–Crippen MR) is 110 cm³/mol. The van der Waals surface area contributed by atoms with E-state index in [9.17, 15) is 0 Å². The number of aromatic amines is 1. The van der Waals surface area contributed by atoms with E-state index in [2.05, 4.69) is 59.6 Å². The Morgan fingerprint density at radius 3 is 2.48 bits per heavy atom. The second-order valence-corrected chi connectivity index (χ2v) is 8.39. The van der Waals surface area contributed by atoms with E-state index in [4.69, 9.17) is 5.26 Å². The summed E-state index contributed by atoms with van der Waals surface area (Å²) in [6.45, 7) is 10.6. The molecule has 6 heteroatoms. The largest absolute Gasteiger partial charge is 0.337 e. The quantitative estimate of drug-likeness (QED) is 0.734. The fraction of sp³-hybridized carbons (Fsp3) is 0.571. The van der Waals surface area contributed by atoms with Gasteiger partial charge in [-0.15, -0.1) is 0 Å². The minimum Gasteiger partial charge on any atom is -0.337 e. The Kier molecular flexibility index (Phi) is 6.98. The average molecular weight is 369 g/mol. The summed E-state index contributed by atoms with van der Waals surface area (Å²) in [6.07, 6.45) is 3.77. The molecule has 0 saturated heterocycles. The van der Waals surface area contributed by atoms with E-state index < -0.39 is 0 Å². The number of nitrogens with zero attached hydrogens (tertiary/aromatic N) is 3. The van der Waals surface area contributed by atoms with Gasteiger partial charge in [-0.2, -0.15) is 10.4 Å². The SMILES string of the molecule is CNC(C)(C)C.Cc1nc(C#N)ccc1Nc1cc(C2CCC(C)C2)[nH]n1. The maximum atomic E-state index is 8.84. The Hall–Kier alpha value is -2.39. The number of pyridine rings is 1. The van der Waals surface area contributed by atoms with Gasteiger partial charge in [0.25, 0.3) is 0 Å². The van der Waals surface area contributed by atoms with Gasteiger partial charge in [-0.25, -0.2) is 4.98 Å². The normalized spacial score (nSPS) is 19.1. The number of rotatable bonds is 3. The molecule has 0 aromatic carbocycles. The van der Waals surface area contributed by atoms with Crippen LogP contribution in [0.3, 0.4) is 0 Å². The highest BCUT2D eigenvalue weighted by Crippen LogP contribution is 2.37. The van der Waals surface area contributed by atoms with Gasteiger partial charge in [0.2, 0.25) is 0 Å². The van der Waals surface area contributed by atoms with Crippen molar-refractivity contribution in [1.29, 1.82) is 5.26 Å². The van der Waals surface area contributed by atoms with Crippen molar-refractivity contribution in [3.63, 3.8) is 0 Å². The molecular weight excluding hydrogens is 336 g/mol. The van der Waals surface area contributed by atoms with E-state index in [1.807, 2.05) is 26.1 Å². The number of aryl methyl sites for hydroxylation is 1. The van der Waals surface area contributed by atoms with E-state index in [-0.39, 0.29) is 0 Å². The highest BCUT2D eigenvalue weighted by atomic mass is 15.2. The van der Waals surface area contributed by atoms with E-state index in [0.717, 1.165) is 23.1 Å². The second-order valence-electron chi connectivity index (χ2n) is 8.39. The van der Waals surface area contributed by atoms with E-state index in [1.165, 1.54) is 25.0 Å². The van der Waals surface area contributed by atoms with Crippen molar-refractivity contribution in [3.8, 4) is 6.07 Å². The van der Waals surface area contributed by atoms with Gasteiger partial charge in [0.1, 0.15) is 11.8 Å². The van der Waals surface area contributed by atoms with Crippen molar-refractivity contribution in [2.45, 2.75) is 65.3 Å². The Morgan fingerprint density at radius 1 is 1.26 bits per heavy atom. The standard InChI is InChI=1S/C16H19N5.C5H13N/c1-10-3-4-12(7-10)15-8-16(21-20-15)19-14-6-5-13(9-17)18-11(14)2;1-5(2,3)6-4/h5-6,8,10,12H,3-4,7H2,1-2H3,(H2,19,20,21);6H,1-4H3. The van der Waals surface area contributed by atoms with Crippen LogP contribution in [0.4, 0.5) is 11.5 Å². The lowest BCUT2D eigenvalue weighted by Gasteiger charge is -2.15. The Morgan fingerprint density at radius 2 is 1.96 bits per heavy atom. The molecule has 3 N–H and O–H groups in total. The molecule has 2 aromatic heterocycles. The topological polar surface area (TPSA) is 89.4 Å². The molecule has 0 aliphatic heterocycles. The van der Waals surface area contributed by atoms with Crippen molar-refractivity contribution in [1.82, 2.24) is 20.5 Å². The molecule has 1 saturated carbocycles. The molecule has 0 spiro atoms. The molecule has 0 radical (unpaired) electrons. The van der Waals surface area contributed by atoms with Crippen LogP contribution in [0, 0.1) is 24.2 Å². The molecule has 6 nitrogen and oxygen atoms in total. The molecule has 2 unspecified atom stereocenters. The fourth-order valence-corrected chi connectivity index (χ4v) is 2.99. The Labute approximate surface area is 162 Å². The summed E-state index contributed by atoms with van der Waals surface area (Å²) < 4.78 is 0. The van der Waals surface area contributed by atoms with Crippen LogP contribution in [0.5, 0.6) is 0 Å². The molecule has 27 heavy (non-hydrogen) atoms. The van der Waals surface area contributed by atoms with Gasteiger partial charge in [-0.1, -0.05) is 13.3 Å². The summed E-state index contributed by atoms with van der Waals surface area (Å²) in [5, 5.41) is 22.7. The molecule has 0 bridgehead atoms. The van der Waals surface area contributed by atoms with Crippen LogP contribution in [-0.2, 0) is 0 Å². The fourth-order valence-electron chi connectivity index (χ4n) is 2.99. The number of aromatic nitrogens is 3. The highest BCUT2D eigenvalue weighted by molar-refractivity contribution is 5.59. The minimum atomic E-state index is 0.292. The lowest BCUT2D eigenvalue weighted by atomic mass is 10.0. The summed E-state index contributed by atoms with van der Waals surface area (Å²) in [5.41, 5.74) is 3.61. The molecule has 2 aromatic rings. The summed E-state index contributed by atoms with van der Waals surface area (Å²) in [5.74, 6) is 2.21. The molecule has 3 rings (SSSR count). The molecule has 1 aliphatic carbocycles. The van der Waals surface area contributed by atoms with Crippen molar-refractivity contribution in [2.75, 3.05) is 12.4 Å². The van der Waals surface area contributed by atoms with Gasteiger partial charge in [-0.05, 0) is 65.6 Å². The highest BCUT2D eigenvalue weighted by Gasteiger charge is 2.24. The summed E-state index contributed by atoms with van der Waals surface area (Å²) >= 11 is 0. The third kappa shape index (κ3) is 6.37. The van der Waals surface area contributed by atoms with Crippen LogP contribution >= 0.6 is 0 Å². The van der Waals surface area contributed by atoms with Crippen molar-refractivity contribution >= 4 is 11.5 Å². The number of hydrogen-bond acceptors (Lipinski definition) is 5. The monoisotopic (exact) mass is 368 g/mol. The Balaban J connectivity index is 0.000000380. The van der Waals surface area contributed by atoms with Crippen LogP contribution < -0.4 is 10.6 Å². The van der Waals surface area contributed by atoms with Gasteiger partial charge < -0.3 is 10.6 Å². The molecule has 2 atom stereocenters. The predicted octanol–water partition coefficient (Wildman–Crippen LogP) is 4.64. The van der Waals surface area contributed by atoms with Crippen LogP contribution in [0.25, 0.3) is 0 Å². The van der Waals surface area contributed by atoms with E-state index in [1.54, 1.807) is 6.07 Å². The summed E-state index contributed by atoms with van der Waals surface area (Å²) in [7, 11) is 1.96. The summed E-state index contributed by atoms with van der Waals surface area (Å²) in [6, 6.07) is 7.70. The van der Waals surface area contributed by atoms with Crippen LogP contribution in [-0.4, -0.2) is 27.8 Å². The van der Waals surface area contributed by atoms with Crippen molar-refractivity contribution in [3.05, 3.63) is 35.3 Å². The number of H-pyrrole nitrogens is 1. The molecule has 1 fully saturated rings. The molecule has 1 aliphatic rings. The summed E-state index contributed by atoms with van der Waals surface area (Å²) in [4.78, 5) is 4.22. The average Bonchev–Trinajstić information content (AvgIpc) is 3.25. The van der Waals surface area contributed by atoms with Crippen molar-refractivity contribution < 1.29 is 0 Å². The molecule has 0 amide bonds. The first-order valence-electron chi connectivity index (χ1n) is 9.61.